The molecule has 22 heavy (non-hydrogen) atoms. The van der Waals surface area contributed by atoms with Crippen LogP contribution in [0.2, 0.25) is 0 Å². The lowest BCUT2D eigenvalue weighted by atomic mass is 10.2. The number of nitriles is 1. The lowest BCUT2D eigenvalue weighted by molar-refractivity contribution is 0.0945. The number of hydrogen-bond acceptors (Lipinski definition) is 5. The number of amides is 1. The first-order chi connectivity index (χ1) is 10.7. The molecule has 0 spiro atoms. The van der Waals surface area contributed by atoms with Crippen molar-refractivity contribution in [3.63, 3.8) is 0 Å². The molecule has 0 atom stereocenters. The van der Waals surface area contributed by atoms with E-state index in [1.165, 1.54) is 0 Å². The van der Waals surface area contributed by atoms with Crippen molar-refractivity contribution in [1.29, 1.82) is 5.26 Å². The lowest BCUT2D eigenvalue weighted by Crippen LogP contribution is -2.26. The zero-order valence-corrected chi connectivity index (χ0v) is 12.1. The molecule has 2 aromatic rings. The number of anilines is 2. The zero-order valence-electron chi connectivity index (χ0n) is 12.1. The van der Waals surface area contributed by atoms with Crippen LogP contribution < -0.4 is 10.6 Å². The number of nitrogens with zero attached hydrogens (tertiary/aromatic N) is 3. The molecular formula is C16H15N5O. The number of nitrogens with one attached hydrogen (secondary N) is 2. The highest BCUT2D eigenvalue weighted by Crippen LogP contribution is 2.21. The predicted octanol–water partition coefficient (Wildman–Crippen LogP) is 2.29. The van der Waals surface area contributed by atoms with Crippen LogP contribution in [0.5, 0.6) is 0 Å². The molecule has 1 amide bonds. The second kappa shape index (κ2) is 5.82. The van der Waals surface area contributed by atoms with Gasteiger partial charge in [-0.2, -0.15) is 5.26 Å². The first-order valence-electron chi connectivity index (χ1n) is 7.08. The van der Waals surface area contributed by atoms with Crippen LogP contribution in [0.3, 0.4) is 0 Å². The number of aryl methyl sites for hydroxylation is 1. The van der Waals surface area contributed by atoms with Gasteiger partial charge in [0, 0.05) is 12.1 Å². The summed E-state index contributed by atoms with van der Waals surface area (Å²) in [7, 11) is 0. The minimum atomic E-state index is -0.190. The molecule has 3 rings (SSSR count). The van der Waals surface area contributed by atoms with Gasteiger partial charge in [-0.25, -0.2) is 9.97 Å². The average molecular weight is 293 g/mol. The third kappa shape index (κ3) is 3.20. The van der Waals surface area contributed by atoms with Crippen LogP contribution in [0.15, 0.2) is 30.3 Å². The zero-order chi connectivity index (χ0) is 15.5. The number of para-hydroxylation sites is 1. The van der Waals surface area contributed by atoms with Gasteiger partial charge >= 0.3 is 0 Å². The Labute approximate surface area is 128 Å². The lowest BCUT2D eigenvalue weighted by Gasteiger charge is -2.09. The van der Waals surface area contributed by atoms with Crippen molar-refractivity contribution >= 4 is 17.4 Å². The van der Waals surface area contributed by atoms with Crippen LogP contribution in [0.1, 0.15) is 34.7 Å². The van der Waals surface area contributed by atoms with Crippen LogP contribution in [-0.2, 0) is 0 Å². The SMILES string of the molecule is Cc1nc(Nc2ccccc2C#N)cc(C(=O)NC2CC2)n1. The summed E-state index contributed by atoms with van der Waals surface area (Å²) in [6, 6.07) is 11.1. The largest absolute Gasteiger partial charge is 0.348 e. The van der Waals surface area contributed by atoms with Crippen molar-refractivity contribution < 1.29 is 4.79 Å². The van der Waals surface area contributed by atoms with E-state index in [1.807, 2.05) is 6.07 Å². The molecule has 1 aliphatic carbocycles. The minimum absolute atomic E-state index is 0.190. The van der Waals surface area contributed by atoms with Gasteiger partial charge in [-0.1, -0.05) is 12.1 Å². The fraction of sp³-hybridized carbons (Fsp3) is 0.250. The molecule has 1 aromatic carbocycles. The molecule has 0 saturated heterocycles. The van der Waals surface area contributed by atoms with E-state index in [4.69, 9.17) is 5.26 Å². The number of aromatic nitrogens is 2. The summed E-state index contributed by atoms with van der Waals surface area (Å²) in [5.74, 6) is 0.807. The smallest absolute Gasteiger partial charge is 0.270 e. The third-order valence-corrected chi connectivity index (χ3v) is 3.29. The Morgan fingerprint density at radius 2 is 2.09 bits per heavy atom. The summed E-state index contributed by atoms with van der Waals surface area (Å²) in [4.78, 5) is 20.5. The molecule has 1 saturated carbocycles. The normalized spacial score (nSPS) is 13.3. The molecule has 110 valence electrons. The van der Waals surface area contributed by atoms with E-state index in [2.05, 4.69) is 26.7 Å². The summed E-state index contributed by atoms with van der Waals surface area (Å²) in [5.41, 5.74) is 1.50. The van der Waals surface area contributed by atoms with Crippen molar-refractivity contribution in [3.05, 3.63) is 47.4 Å². The number of benzene rings is 1. The van der Waals surface area contributed by atoms with E-state index in [1.54, 1.807) is 31.2 Å². The molecule has 2 N–H and O–H groups in total. The number of carbonyl (C=O) groups is 1. The Balaban J connectivity index is 1.86. The molecule has 0 unspecified atom stereocenters. The van der Waals surface area contributed by atoms with E-state index in [0.29, 0.717) is 28.6 Å². The van der Waals surface area contributed by atoms with E-state index in [9.17, 15) is 4.79 Å². The topological polar surface area (TPSA) is 90.7 Å². The highest BCUT2D eigenvalue weighted by atomic mass is 16.2. The molecule has 6 heteroatoms. The fourth-order valence-corrected chi connectivity index (χ4v) is 2.06. The molecular weight excluding hydrogens is 278 g/mol. The highest BCUT2D eigenvalue weighted by Gasteiger charge is 2.24. The van der Waals surface area contributed by atoms with Gasteiger partial charge in [0.25, 0.3) is 5.91 Å². The average Bonchev–Trinajstić information content (AvgIpc) is 3.31. The Bertz CT molecular complexity index is 761. The molecule has 0 bridgehead atoms. The minimum Gasteiger partial charge on any atom is -0.348 e. The number of rotatable bonds is 4. The van der Waals surface area contributed by atoms with Gasteiger partial charge in [-0.3, -0.25) is 4.79 Å². The standard InChI is InChI=1S/C16H15N5O/c1-10-18-14(16(22)20-12-6-7-12)8-15(19-10)21-13-5-3-2-4-11(13)9-17/h2-5,8,12H,6-7H2,1H3,(H,20,22)(H,18,19,21). The summed E-state index contributed by atoms with van der Waals surface area (Å²) in [6.45, 7) is 1.73. The molecule has 1 aromatic heterocycles. The molecule has 0 radical (unpaired) electrons. The van der Waals surface area contributed by atoms with Gasteiger partial charge < -0.3 is 10.6 Å². The van der Waals surface area contributed by atoms with Gasteiger partial charge in [-0.05, 0) is 31.9 Å². The van der Waals surface area contributed by atoms with Gasteiger partial charge in [0.15, 0.2) is 0 Å². The van der Waals surface area contributed by atoms with Crippen molar-refractivity contribution in [1.82, 2.24) is 15.3 Å². The van der Waals surface area contributed by atoms with Crippen LogP contribution >= 0.6 is 0 Å². The van der Waals surface area contributed by atoms with Crippen LogP contribution in [0.4, 0.5) is 11.5 Å². The quantitative estimate of drug-likeness (QED) is 0.902. The number of hydrogen-bond donors (Lipinski definition) is 2. The Morgan fingerprint density at radius 3 is 2.82 bits per heavy atom. The Morgan fingerprint density at radius 1 is 1.32 bits per heavy atom. The van der Waals surface area contributed by atoms with Crippen LogP contribution in [0, 0.1) is 18.3 Å². The molecule has 1 aliphatic rings. The molecule has 1 heterocycles. The van der Waals surface area contributed by atoms with Gasteiger partial charge in [0.2, 0.25) is 0 Å². The van der Waals surface area contributed by atoms with Crippen molar-refractivity contribution in [2.45, 2.75) is 25.8 Å². The fourth-order valence-electron chi connectivity index (χ4n) is 2.06. The monoisotopic (exact) mass is 293 g/mol. The second-order valence-corrected chi connectivity index (χ2v) is 5.22. The highest BCUT2D eigenvalue weighted by molar-refractivity contribution is 5.93. The van der Waals surface area contributed by atoms with E-state index >= 15 is 0 Å². The van der Waals surface area contributed by atoms with Crippen molar-refractivity contribution in [2.75, 3.05) is 5.32 Å². The summed E-state index contributed by atoms with van der Waals surface area (Å²) < 4.78 is 0. The first kappa shape index (κ1) is 14.0. The maximum atomic E-state index is 12.1. The van der Waals surface area contributed by atoms with Crippen LogP contribution in [0.25, 0.3) is 0 Å². The van der Waals surface area contributed by atoms with E-state index in [0.717, 1.165) is 12.8 Å². The van der Waals surface area contributed by atoms with Gasteiger partial charge in [0.1, 0.15) is 23.4 Å². The maximum Gasteiger partial charge on any atom is 0.270 e. The van der Waals surface area contributed by atoms with E-state index in [-0.39, 0.29) is 11.9 Å². The third-order valence-electron chi connectivity index (χ3n) is 3.29. The summed E-state index contributed by atoms with van der Waals surface area (Å²) >= 11 is 0. The first-order valence-corrected chi connectivity index (χ1v) is 7.08. The summed E-state index contributed by atoms with van der Waals surface area (Å²) in [6.07, 6.45) is 2.05. The maximum absolute atomic E-state index is 12.1. The Kier molecular flexibility index (Phi) is 3.71. The summed E-state index contributed by atoms with van der Waals surface area (Å²) in [5, 5.41) is 15.1. The van der Waals surface area contributed by atoms with Gasteiger partial charge in [0.05, 0.1) is 11.3 Å². The predicted molar refractivity (Wildman–Crippen MR) is 81.7 cm³/mol. The number of carbonyl (C=O) groups excluding carboxylic acids is 1. The molecule has 6 nitrogen and oxygen atoms in total. The van der Waals surface area contributed by atoms with Gasteiger partial charge in [-0.15, -0.1) is 0 Å². The Hall–Kier alpha value is -2.94. The van der Waals surface area contributed by atoms with Crippen LogP contribution in [-0.4, -0.2) is 21.9 Å². The second-order valence-electron chi connectivity index (χ2n) is 5.22. The van der Waals surface area contributed by atoms with Crippen molar-refractivity contribution in [2.24, 2.45) is 0 Å². The van der Waals surface area contributed by atoms with Crippen molar-refractivity contribution in [3.8, 4) is 6.07 Å². The molecule has 0 aliphatic heterocycles. The van der Waals surface area contributed by atoms with E-state index < -0.39 is 0 Å². The molecule has 1 fully saturated rings.